The Kier molecular flexibility index (Phi) is 3.12. The second-order valence-corrected chi connectivity index (χ2v) is 6.32. The number of nitrogens with zero attached hydrogens (tertiary/aromatic N) is 3. The first-order valence-electron chi connectivity index (χ1n) is 6.81. The van der Waals surface area contributed by atoms with Crippen molar-refractivity contribution in [2.24, 2.45) is 0 Å². The molecular formula is C16H15N3S. The van der Waals surface area contributed by atoms with Crippen molar-refractivity contribution in [2.45, 2.75) is 39.5 Å². The second-order valence-electron chi connectivity index (χ2n) is 5.23. The van der Waals surface area contributed by atoms with Gasteiger partial charge in [0.1, 0.15) is 17.1 Å². The van der Waals surface area contributed by atoms with Crippen LogP contribution in [0.25, 0.3) is 5.00 Å². The molecule has 0 saturated carbocycles. The quantitative estimate of drug-likeness (QED) is 0.798. The molecule has 3 nitrogen and oxygen atoms in total. The highest BCUT2D eigenvalue weighted by molar-refractivity contribution is 7.15. The standard InChI is InChI=1S/C16H15N3S/c1-10-7-12(8-17)11(2)19(10)16-14(9-18)13-5-3-4-6-15(13)20-16/h7H,3-6H2,1-2H3. The maximum absolute atomic E-state index is 9.55. The van der Waals surface area contributed by atoms with Gasteiger partial charge < -0.3 is 4.57 Å². The zero-order valence-electron chi connectivity index (χ0n) is 11.7. The maximum atomic E-state index is 9.55. The Hall–Kier alpha value is -2.04. The first-order chi connectivity index (χ1) is 9.67. The molecule has 3 rings (SSSR count). The SMILES string of the molecule is Cc1cc(C#N)c(C)n1-c1sc2c(c1C#N)CCCC2. The lowest BCUT2D eigenvalue weighted by molar-refractivity contribution is 0.695. The average molecular weight is 281 g/mol. The molecule has 0 unspecified atom stereocenters. The third-order valence-electron chi connectivity index (χ3n) is 4.02. The molecule has 2 aromatic rings. The van der Waals surface area contributed by atoms with Crippen LogP contribution < -0.4 is 0 Å². The van der Waals surface area contributed by atoms with Crippen molar-refractivity contribution in [3.8, 4) is 17.1 Å². The van der Waals surface area contributed by atoms with Gasteiger partial charge in [0.15, 0.2) is 0 Å². The molecule has 2 aromatic heterocycles. The number of hydrogen-bond donors (Lipinski definition) is 0. The van der Waals surface area contributed by atoms with Crippen molar-refractivity contribution in [2.75, 3.05) is 0 Å². The Morgan fingerprint density at radius 3 is 2.55 bits per heavy atom. The largest absolute Gasteiger partial charge is 0.308 e. The van der Waals surface area contributed by atoms with Gasteiger partial charge in [0.25, 0.3) is 0 Å². The molecule has 0 aliphatic heterocycles. The van der Waals surface area contributed by atoms with Gasteiger partial charge in [-0.1, -0.05) is 0 Å². The molecule has 0 aromatic carbocycles. The second kappa shape index (κ2) is 4.81. The number of hydrogen-bond acceptors (Lipinski definition) is 3. The lowest BCUT2D eigenvalue weighted by Crippen LogP contribution is -2.02. The molecule has 0 amide bonds. The molecule has 0 saturated heterocycles. The molecule has 0 fully saturated rings. The number of aryl methyl sites for hydroxylation is 2. The van der Waals surface area contributed by atoms with Gasteiger partial charge in [-0.2, -0.15) is 10.5 Å². The summed E-state index contributed by atoms with van der Waals surface area (Å²) in [5.41, 5.74) is 4.70. The van der Waals surface area contributed by atoms with E-state index in [-0.39, 0.29) is 0 Å². The third kappa shape index (κ3) is 1.77. The van der Waals surface area contributed by atoms with Gasteiger partial charge in [-0.15, -0.1) is 11.3 Å². The predicted molar refractivity (Wildman–Crippen MR) is 79.2 cm³/mol. The zero-order valence-corrected chi connectivity index (χ0v) is 12.5. The Bertz CT molecular complexity index is 765. The van der Waals surface area contributed by atoms with Crippen molar-refractivity contribution in [1.29, 1.82) is 10.5 Å². The van der Waals surface area contributed by atoms with E-state index in [4.69, 9.17) is 5.26 Å². The molecule has 1 aliphatic carbocycles. The van der Waals surface area contributed by atoms with Crippen molar-refractivity contribution in [1.82, 2.24) is 4.57 Å². The van der Waals surface area contributed by atoms with Crippen LogP contribution in [0.4, 0.5) is 0 Å². The number of nitriles is 2. The summed E-state index contributed by atoms with van der Waals surface area (Å²) >= 11 is 1.72. The van der Waals surface area contributed by atoms with Gasteiger partial charge in [0, 0.05) is 16.3 Å². The van der Waals surface area contributed by atoms with Crippen LogP contribution in [0.1, 0.15) is 45.8 Å². The van der Waals surface area contributed by atoms with Crippen LogP contribution in [0.3, 0.4) is 0 Å². The fourth-order valence-corrected chi connectivity index (χ4v) is 4.46. The number of thiophene rings is 1. The summed E-state index contributed by atoms with van der Waals surface area (Å²) in [5, 5.41) is 19.7. The number of fused-ring (bicyclic) bond motifs is 1. The van der Waals surface area contributed by atoms with E-state index in [0.29, 0.717) is 5.56 Å². The van der Waals surface area contributed by atoms with E-state index in [1.807, 2.05) is 19.9 Å². The summed E-state index contributed by atoms with van der Waals surface area (Å²) < 4.78 is 2.07. The fourth-order valence-electron chi connectivity index (χ4n) is 3.01. The smallest absolute Gasteiger partial charge is 0.118 e. The molecule has 20 heavy (non-hydrogen) atoms. The monoisotopic (exact) mass is 281 g/mol. The van der Waals surface area contributed by atoms with E-state index in [1.54, 1.807) is 11.3 Å². The number of aromatic nitrogens is 1. The molecule has 0 N–H and O–H groups in total. The Morgan fingerprint density at radius 2 is 1.90 bits per heavy atom. The fraction of sp³-hybridized carbons (Fsp3) is 0.375. The molecular weight excluding hydrogens is 266 g/mol. The van der Waals surface area contributed by atoms with Crippen LogP contribution in [0.2, 0.25) is 0 Å². The Labute approximate surface area is 122 Å². The molecule has 4 heteroatoms. The minimum atomic E-state index is 0.692. The molecule has 0 bridgehead atoms. The minimum absolute atomic E-state index is 0.692. The minimum Gasteiger partial charge on any atom is -0.308 e. The van der Waals surface area contributed by atoms with Crippen LogP contribution in [0.5, 0.6) is 0 Å². The van der Waals surface area contributed by atoms with Gasteiger partial charge in [-0.3, -0.25) is 0 Å². The van der Waals surface area contributed by atoms with Crippen LogP contribution in [-0.2, 0) is 12.8 Å². The van der Waals surface area contributed by atoms with Gasteiger partial charge in [-0.25, -0.2) is 0 Å². The average Bonchev–Trinajstić information content (AvgIpc) is 2.95. The van der Waals surface area contributed by atoms with Crippen LogP contribution >= 0.6 is 11.3 Å². The molecule has 100 valence electrons. The molecule has 0 atom stereocenters. The van der Waals surface area contributed by atoms with Crippen LogP contribution in [0, 0.1) is 36.5 Å². The zero-order chi connectivity index (χ0) is 14.3. The van der Waals surface area contributed by atoms with Crippen molar-refractivity contribution in [3.05, 3.63) is 39.0 Å². The number of rotatable bonds is 1. The van der Waals surface area contributed by atoms with Gasteiger partial charge in [-0.05, 0) is 51.2 Å². The highest BCUT2D eigenvalue weighted by Gasteiger charge is 2.23. The van der Waals surface area contributed by atoms with Gasteiger partial charge >= 0.3 is 0 Å². The van der Waals surface area contributed by atoms with E-state index in [9.17, 15) is 5.26 Å². The first-order valence-corrected chi connectivity index (χ1v) is 7.63. The first kappa shape index (κ1) is 13.0. The van der Waals surface area contributed by atoms with E-state index in [1.165, 1.54) is 23.3 Å². The normalized spacial score (nSPS) is 13.6. The van der Waals surface area contributed by atoms with E-state index < -0.39 is 0 Å². The van der Waals surface area contributed by atoms with Gasteiger partial charge in [0.05, 0.1) is 11.1 Å². The highest BCUT2D eigenvalue weighted by atomic mass is 32.1. The molecule has 2 heterocycles. The Morgan fingerprint density at radius 1 is 1.15 bits per heavy atom. The lowest BCUT2D eigenvalue weighted by Gasteiger charge is -2.09. The predicted octanol–water partition coefficient (Wildman–Crippen LogP) is 3.78. The molecule has 0 spiro atoms. The third-order valence-corrected chi connectivity index (χ3v) is 5.30. The topological polar surface area (TPSA) is 52.5 Å². The lowest BCUT2D eigenvalue weighted by atomic mass is 9.96. The summed E-state index contributed by atoms with van der Waals surface area (Å²) in [6.07, 6.45) is 4.48. The summed E-state index contributed by atoms with van der Waals surface area (Å²) in [6.45, 7) is 3.94. The maximum Gasteiger partial charge on any atom is 0.118 e. The summed E-state index contributed by atoms with van der Waals surface area (Å²) in [5.74, 6) is 0. The molecule has 0 radical (unpaired) electrons. The summed E-state index contributed by atoms with van der Waals surface area (Å²) in [6, 6.07) is 6.51. The highest BCUT2D eigenvalue weighted by Crippen LogP contribution is 2.38. The van der Waals surface area contributed by atoms with Crippen LogP contribution in [-0.4, -0.2) is 4.57 Å². The van der Waals surface area contributed by atoms with E-state index >= 15 is 0 Å². The van der Waals surface area contributed by atoms with Crippen molar-refractivity contribution in [3.63, 3.8) is 0 Å². The van der Waals surface area contributed by atoms with E-state index in [0.717, 1.165) is 34.8 Å². The van der Waals surface area contributed by atoms with E-state index in [2.05, 4.69) is 16.7 Å². The summed E-state index contributed by atoms with van der Waals surface area (Å²) in [7, 11) is 0. The van der Waals surface area contributed by atoms with Crippen molar-refractivity contribution < 1.29 is 0 Å². The summed E-state index contributed by atoms with van der Waals surface area (Å²) in [4.78, 5) is 1.36. The van der Waals surface area contributed by atoms with Gasteiger partial charge in [0.2, 0.25) is 0 Å². The van der Waals surface area contributed by atoms with Crippen molar-refractivity contribution >= 4 is 11.3 Å². The Balaban J connectivity index is 2.26. The van der Waals surface area contributed by atoms with Crippen LogP contribution in [0.15, 0.2) is 6.07 Å². The molecule has 1 aliphatic rings.